The van der Waals surface area contributed by atoms with Gasteiger partial charge in [0.2, 0.25) is 5.91 Å². The Kier molecular flexibility index (Phi) is 4.54. The van der Waals surface area contributed by atoms with Crippen LogP contribution in [0.3, 0.4) is 0 Å². The summed E-state index contributed by atoms with van der Waals surface area (Å²) in [4.78, 5) is 16.2. The molecule has 1 aliphatic rings. The number of carbonyl (C=O) groups excluding carboxylic acids is 1. The minimum atomic E-state index is -0.0617. The lowest BCUT2D eigenvalue weighted by molar-refractivity contribution is -0.135. The van der Waals surface area contributed by atoms with Gasteiger partial charge in [-0.3, -0.25) is 4.79 Å². The van der Waals surface area contributed by atoms with Gasteiger partial charge in [0.25, 0.3) is 0 Å². The van der Waals surface area contributed by atoms with Crippen LogP contribution in [0.4, 0.5) is 0 Å². The van der Waals surface area contributed by atoms with E-state index in [2.05, 4.69) is 11.9 Å². The van der Waals surface area contributed by atoms with Crippen LogP contribution < -0.4 is 5.73 Å². The molecule has 0 aromatic heterocycles. The molecule has 0 aromatic rings. The second-order valence-electron chi connectivity index (χ2n) is 4.63. The highest BCUT2D eigenvalue weighted by molar-refractivity contribution is 5.79. The van der Waals surface area contributed by atoms with Gasteiger partial charge in [0, 0.05) is 25.7 Å². The average molecular weight is 213 g/mol. The summed E-state index contributed by atoms with van der Waals surface area (Å²) >= 11 is 0. The first-order valence-corrected chi connectivity index (χ1v) is 5.75. The Morgan fingerprint density at radius 1 is 1.20 bits per heavy atom. The Morgan fingerprint density at radius 2 is 1.87 bits per heavy atom. The molecule has 1 heterocycles. The van der Waals surface area contributed by atoms with E-state index >= 15 is 0 Å². The van der Waals surface area contributed by atoms with E-state index in [1.54, 1.807) is 0 Å². The summed E-state index contributed by atoms with van der Waals surface area (Å²) in [6.07, 6.45) is 1.06. The number of hydrogen-bond acceptors (Lipinski definition) is 3. The zero-order chi connectivity index (χ0) is 11.4. The molecule has 1 amide bonds. The molecule has 2 N–H and O–H groups in total. The number of hydrogen-bond donors (Lipinski definition) is 1. The molecule has 0 spiro atoms. The largest absolute Gasteiger partial charge is 0.341 e. The Labute approximate surface area is 92.4 Å². The van der Waals surface area contributed by atoms with Crippen molar-refractivity contribution in [1.82, 2.24) is 9.80 Å². The molecule has 1 fully saturated rings. The van der Waals surface area contributed by atoms with Gasteiger partial charge in [-0.15, -0.1) is 0 Å². The summed E-state index contributed by atoms with van der Waals surface area (Å²) in [5.41, 5.74) is 5.75. The van der Waals surface area contributed by atoms with Crippen molar-refractivity contribution in [1.29, 1.82) is 0 Å². The average Bonchev–Trinajstić information content (AvgIpc) is 2.40. The Morgan fingerprint density at radius 3 is 2.47 bits per heavy atom. The first kappa shape index (κ1) is 12.5. The molecule has 2 unspecified atom stereocenters. The second kappa shape index (κ2) is 5.47. The highest BCUT2D eigenvalue weighted by Gasteiger charge is 2.24. The molecule has 1 aliphatic heterocycles. The third kappa shape index (κ3) is 3.47. The van der Waals surface area contributed by atoms with E-state index in [9.17, 15) is 4.79 Å². The molecule has 4 heteroatoms. The maximum atomic E-state index is 12.0. The Hall–Kier alpha value is -0.610. The first-order valence-electron chi connectivity index (χ1n) is 5.75. The van der Waals surface area contributed by atoms with E-state index < -0.39 is 0 Å². The quantitative estimate of drug-likeness (QED) is 0.709. The van der Waals surface area contributed by atoms with Crippen LogP contribution in [0.1, 0.15) is 20.3 Å². The minimum Gasteiger partial charge on any atom is -0.341 e. The number of nitrogens with two attached hydrogens (primary N) is 1. The summed E-state index contributed by atoms with van der Waals surface area (Å²) in [6, 6.07) is -0.0570. The number of carbonyl (C=O) groups is 1. The van der Waals surface area contributed by atoms with Crippen molar-refractivity contribution in [2.45, 2.75) is 26.3 Å². The minimum absolute atomic E-state index is 0.0570. The molecule has 0 saturated carbocycles. The van der Waals surface area contributed by atoms with Crippen LogP contribution >= 0.6 is 0 Å². The maximum absolute atomic E-state index is 12.0. The molecule has 0 aromatic carbocycles. The summed E-state index contributed by atoms with van der Waals surface area (Å²) < 4.78 is 0. The predicted molar refractivity (Wildman–Crippen MR) is 61.5 cm³/mol. The topological polar surface area (TPSA) is 49.6 Å². The summed E-state index contributed by atoms with van der Waals surface area (Å²) in [5, 5.41) is 0. The van der Waals surface area contributed by atoms with Gasteiger partial charge in [-0.1, -0.05) is 6.92 Å². The lowest BCUT2D eigenvalue weighted by Crippen LogP contribution is -2.43. The lowest BCUT2D eigenvalue weighted by Gasteiger charge is -2.25. The zero-order valence-corrected chi connectivity index (χ0v) is 10.1. The molecule has 15 heavy (non-hydrogen) atoms. The Bertz CT molecular complexity index is 218. The molecule has 1 saturated heterocycles. The maximum Gasteiger partial charge on any atom is 0.226 e. The normalized spacial score (nSPS) is 23.3. The number of amides is 1. The van der Waals surface area contributed by atoms with Gasteiger partial charge in [0.15, 0.2) is 0 Å². The summed E-state index contributed by atoms with van der Waals surface area (Å²) in [6.45, 7) is 7.58. The third-order valence-electron chi connectivity index (χ3n) is 3.21. The number of rotatable bonds is 2. The zero-order valence-electron chi connectivity index (χ0n) is 10.1. The van der Waals surface area contributed by atoms with Gasteiger partial charge in [-0.05, 0) is 26.9 Å². The van der Waals surface area contributed by atoms with E-state index in [-0.39, 0.29) is 17.9 Å². The van der Waals surface area contributed by atoms with Crippen molar-refractivity contribution in [3.05, 3.63) is 0 Å². The smallest absolute Gasteiger partial charge is 0.226 e. The van der Waals surface area contributed by atoms with Crippen LogP contribution in [0, 0.1) is 5.92 Å². The molecular weight excluding hydrogens is 190 g/mol. The van der Waals surface area contributed by atoms with Gasteiger partial charge in [0.05, 0.1) is 5.92 Å². The van der Waals surface area contributed by atoms with E-state index in [1.807, 2.05) is 18.7 Å². The Balaban J connectivity index is 2.52. The van der Waals surface area contributed by atoms with E-state index in [4.69, 9.17) is 5.73 Å². The van der Waals surface area contributed by atoms with Crippen LogP contribution in [0.5, 0.6) is 0 Å². The summed E-state index contributed by atoms with van der Waals surface area (Å²) in [5.74, 6) is 0.147. The molecule has 0 aliphatic carbocycles. The van der Waals surface area contributed by atoms with E-state index in [1.165, 1.54) is 0 Å². The van der Waals surface area contributed by atoms with Crippen LogP contribution in [0.25, 0.3) is 0 Å². The summed E-state index contributed by atoms with van der Waals surface area (Å²) in [7, 11) is 2.10. The number of likely N-dealkylation sites (N-methyl/N-ethyl adjacent to an activating group) is 1. The highest BCUT2D eigenvalue weighted by atomic mass is 16.2. The third-order valence-corrected chi connectivity index (χ3v) is 3.21. The van der Waals surface area contributed by atoms with Crippen molar-refractivity contribution in [2.75, 3.05) is 33.2 Å². The molecule has 88 valence electrons. The van der Waals surface area contributed by atoms with E-state index in [0.29, 0.717) is 0 Å². The van der Waals surface area contributed by atoms with Crippen LogP contribution in [-0.4, -0.2) is 55.0 Å². The van der Waals surface area contributed by atoms with Crippen molar-refractivity contribution >= 4 is 5.91 Å². The van der Waals surface area contributed by atoms with Crippen molar-refractivity contribution < 1.29 is 4.79 Å². The molecular formula is C11H23N3O. The highest BCUT2D eigenvalue weighted by Crippen LogP contribution is 2.09. The molecule has 0 bridgehead atoms. The van der Waals surface area contributed by atoms with Gasteiger partial charge in [-0.2, -0.15) is 0 Å². The van der Waals surface area contributed by atoms with Gasteiger partial charge < -0.3 is 15.5 Å². The molecule has 0 radical (unpaired) electrons. The molecule has 1 rings (SSSR count). The van der Waals surface area contributed by atoms with Gasteiger partial charge >= 0.3 is 0 Å². The monoisotopic (exact) mass is 213 g/mol. The lowest BCUT2D eigenvalue weighted by atomic mass is 10.0. The van der Waals surface area contributed by atoms with Crippen LogP contribution in [0.2, 0.25) is 0 Å². The fourth-order valence-corrected chi connectivity index (χ4v) is 1.78. The number of nitrogens with zero attached hydrogens (tertiary/aromatic N) is 2. The van der Waals surface area contributed by atoms with Crippen LogP contribution in [0.15, 0.2) is 0 Å². The molecule has 4 nitrogen and oxygen atoms in total. The SMILES string of the molecule is CC(N)C(C)C(=O)N1CCCN(C)CC1. The van der Waals surface area contributed by atoms with Gasteiger partial charge in [0.1, 0.15) is 0 Å². The first-order chi connectivity index (χ1) is 7.02. The van der Waals surface area contributed by atoms with Crippen molar-refractivity contribution in [3.8, 4) is 0 Å². The predicted octanol–water partition coefficient (Wildman–Crippen LogP) is 0.134. The fraction of sp³-hybridized carbons (Fsp3) is 0.909. The van der Waals surface area contributed by atoms with Crippen molar-refractivity contribution in [2.24, 2.45) is 11.7 Å². The van der Waals surface area contributed by atoms with Crippen LogP contribution in [-0.2, 0) is 4.79 Å². The van der Waals surface area contributed by atoms with E-state index in [0.717, 1.165) is 32.6 Å². The standard InChI is InChI=1S/C11H23N3O/c1-9(10(2)12)11(15)14-6-4-5-13(3)7-8-14/h9-10H,4-8,12H2,1-3H3. The molecule has 2 atom stereocenters. The second-order valence-corrected chi connectivity index (χ2v) is 4.63. The van der Waals surface area contributed by atoms with Gasteiger partial charge in [-0.25, -0.2) is 0 Å². The fourth-order valence-electron chi connectivity index (χ4n) is 1.78. The van der Waals surface area contributed by atoms with Crippen molar-refractivity contribution in [3.63, 3.8) is 0 Å².